The molecule has 5 nitrogen and oxygen atoms in total. The van der Waals surface area contributed by atoms with E-state index in [0.717, 1.165) is 0 Å². The third-order valence-corrected chi connectivity index (χ3v) is 5.28. The Morgan fingerprint density at radius 1 is 1.39 bits per heavy atom. The molecule has 1 unspecified atom stereocenters. The van der Waals surface area contributed by atoms with E-state index in [2.05, 4.69) is 0 Å². The molecule has 18 heavy (non-hydrogen) atoms. The maximum Gasteiger partial charge on any atom is 0.309 e. The van der Waals surface area contributed by atoms with Crippen LogP contribution >= 0.6 is 0 Å². The van der Waals surface area contributed by atoms with Crippen molar-refractivity contribution in [2.24, 2.45) is 11.3 Å². The summed E-state index contributed by atoms with van der Waals surface area (Å²) in [5.74, 6) is -0.530. The van der Waals surface area contributed by atoms with Crippen LogP contribution in [0.1, 0.15) is 33.6 Å². The van der Waals surface area contributed by atoms with Crippen molar-refractivity contribution in [1.82, 2.24) is 4.31 Å². The smallest absolute Gasteiger partial charge is 0.309 e. The van der Waals surface area contributed by atoms with Crippen LogP contribution in [0.25, 0.3) is 0 Å². The Labute approximate surface area is 110 Å². The molecule has 1 saturated heterocycles. The molecule has 0 amide bonds. The van der Waals surface area contributed by atoms with E-state index in [4.69, 9.17) is 4.74 Å². The summed E-state index contributed by atoms with van der Waals surface area (Å²) in [5.41, 5.74) is -0.281. The zero-order valence-corrected chi connectivity index (χ0v) is 12.4. The van der Waals surface area contributed by atoms with Crippen molar-refractivity contribution < 1.29 is 17.9 Å². The van der Waals surface area contributed by atoms with Gasteiger partial charge in [0.2, 0.25) is 10.0 Å². The second kappa shape index (κ2) is 5.57. The largest absolute Gasteiger partial charge is 0.469 e. The summed E-state index contributed by atoms with van der Waals surface area (Å²) in [4.78, 5) is 11.5. The number of hydrogen-bond donors (Lipinski definition) is 0. The first-order chi connectivity index (χ1) is 8.15. The van der Waals surface area contributed by atoms with Crippen LogP contribution in [0.3, 0.4) is 0 Å². The molecule has 0 spiro atoms. The van der Waals surface area contributed by atoms with Crippen molar-refractivity contribution in [3.05, 3.63) is 0 Å². The van der Waals surface area contributed by atoms with Crippen molar-refractivity contribution in [3.8, 4) is 0 Å². The minimum Gasteiger partial charge on any atom is -0.469 e. The molecular weight excluding hydrogens is 254 g/mol. The summed E-state index contributed by atoms with van der Waals surface area (Å²) in [6.45, 7) is 6.45. The molecule has 6 heteroatoms. The molecule has 0 N–H and O–H groups in total. The van der Waals surface area contributed by atoms with E-state index in [-0.39, 0.29) is 29.6 Å². The minimum absolute atomic E-state index is 0.105. The molecule has 0 bridgehead atoms. The summed E-state index contributed by atoms with van der Waals surface area (Å²) >= 11 is 0. The first kappa shape index (κ1) is 15.4. The zero-order chi connectivity index (χ0) is 14.0. The summed E-state index contributed by atoms with van der Waals surface area (Å²) in [6.07, 6.45) is 1.41. The second-order valence-corrected chi connectivity index (χ2v) is 8.01. The first-order valence-corrected chi connectivity index (χ1v) is 7.82. The average molecular weight is 277 g/mol. The van der Waals surface area contributed by atoms with Gasteiger partial charge >= 0.3 is 5.97 Å². The molecule has 106 valence electrons. The highest BCUT2D eigenvalue weighted by Gasteiger charge is 2.34. The number of esters is 1. The highest BCUT2D eigenvalue weighted by Crippen LogP contribution is 2.24. The Morgan fingerprint density at radius 3 is 2.50 bits per heavy atom. The summed E-state index contributed by atoms with van der Waals surface area (Å²) in [5, 5.41) is 0. The minimum atomic E-state index is -3.29. The van der Waals surface area contributed by atoms with Crippen LogP contribution in [0.15, 0.2) is 0 Å². The maximum absolute atomic E-state index is 12.2. The van der Waals surface area contributed by atoms with E-state index in [9.17, 15) is 13.2 Å². The number of sulfonamides is 1. The molecule has 0 radical (unpaired) electrons. The van der Waals surface area contributed by atoms with E-state index < -0.39 is 10.0 Å². The van der Waals surface area contributed by atoms with Crippen molar-refractivity contribution in [2.45, 2.75) is 33.6 Å². The fourth-order valence-electron chi connectivity index (χ4n) is 2.19. The Balaban J connectivity index is 2.75. The Bertz CT molecular complexity index is 397. The molecular formula is C12H23NO4S. The monoisotopic (exact) mass is 277 g/mol. The van der Waals surface area contributed by atoms with Gasteiger partial charge in [0, 0.05) is 13.1 Å². The van der Waals surface area contributed by atoms with E-state index in [1.807, 2.05) is 20.8 Å². The van der Waals surface area contributed by atoms with Gasteiger partial charge in [-0.05, 0) is 18.3 Å². The summed E-state index contributed by atoms with van der Waals surface area (Å²) < 4.78 is 30.6. The molecule has 1 rings (SSSR count). The van der Waals surface area contributed by atoms with Gasteiger partial charge in [-0.15, -0.1) is 0 Å². The van der Waals surface area contributed by atoms with Crippen LogP contribution in [-0.2, 0) is 19.6 Å². The van der Waals surface area contributed by atoms with Crippen molar-refractivity contribution in [3.63, 3.8) is 0 Å². The van der Waals surface area contributed by atoms with Crippen LogP contribution in [0.2, 0.25) is 0 Å². The fourth-order valence-corrected chi connectivity index (χ4v) is 4.28. The van der Waals surface area contributed by atoms with Gasteiger partial charge in [-0.25, -0.2) is 12.7 Å². The topological polar surface area (TPSA) is 63.7 Å². The number of rotatable bonds is 3. The van der Waals surface area contributed by atoms with Gasteiger partial charge in [0.25, 0.3) is 0 Å². The predicted molar refractivity (Wildman–Crippen MR) is 69.6 cm³/mol. The molecule has 1 heterocycles. The fraction of sp³-hybridized carbons (Fsp3) is 0.917. The van der Waals surface area contributed by atoms with Gasteiger partial charge in [-0.3, -0.25) is 4.79 Å². The molecule has 0 aliphatic carbocycles. The van der Waals surface area contributed by atoms with Crippen molar-refractivity contribution >= 4 is 16.0 Å². The van der Waals surface area contributed by atoms with E-state index >= 15 is 0 Å². The number of ether oxygens (including phenoxy) is 1. The quantitative estimate of drug-likeness (QED) is 0.728. The Morgan fingerprint density at radius 2 is 2.00 bits per heavy atom. The molecule has 0 aromatic carbocycles. The van der Waals surface area contributed by atoms with Crippen LogP contribution in [-0.4, -0.2) is 44.6 Å². The molecule has 1 atom stereocenters. The number of hydrogen-bond acceptors (Lipinski definition) is 4. The van der Waals surface area contributed by atoms with Crippen LogP contribution in [0.5, 0.6) is 0 Å². The van der Waals surface area contributed by atoms with Gasteiger partial charge in [0.05, 0.1) is 18.8 Å². The normalized spacial score (nSPS) is 22.8. The van der Waals surface area contributed by atoms with Crippen LogP contribution in [0, 0.1) is 11.3 Å². The lowest BCUT2D eigenvalue weighted by atomic mass is 10.00. The van der Waals surface area contributed by atoms with Crippen LogP contribution < -0.4 is 0 Å². The number of methoxy groups -OCH3 is 1. The summed E-state index contributed by atoms with van der Waals surface area (Å²) in [7, 11) is -1.95. The number of carbonyl (C=O) groups is 1. The van der Waals surface area contributed by atoms with Gasteiger partial charge in [0.15, 0.2) is 0 Å². The lowest BCUT2D eigenvalue weighted by Crippen LogP contribution is -2.45. The first-order valence-electron chi connectivity index (χ1n) is 6.21. The average Bonchev–Trinajstić information content (AvgIpc) is 2.25. The standard InChI is InChI=1S/C12H23NO4S/c1-12(2,3)9-18(15,16)13-7-5-6-10(8-13)11(14)17-4/h10H,5-9H2,1-4H3. The maximum atomic E-state index is 12.2. The lowest BCUT2D eigenvalue weighted by Gasteiger charge is -2.32. The molecule has 0 aromatic rings. The van der Waals surface area contributed by atoms with Gasteiger partial charge in [-0.2, -0.15) is 0 Å². The SMILES string of the molecule is COC(=O)C1CCCN(S(=O)(=O)CC(C)(C)C)C1. The second-order valence-electron chi connectivity index (χ2n) is 6.04. The Hall–Kier alpha value is -0.620. The molecule has 0 aromatic heterocycles. The number of carbonyl (C=O) groups excluding carboxylic acids is 1. The molecule has 1 fully saturated rings. The third-order valence-electron chi connectivity index (χ3n) is 2.93. The Kier molecular flexibility index (Phi) is 4.78. The van der Waals surface area contributed by atoms with E-state index in [1.165, 1.54) is 11.4 Å². The van der Waals surface area contributed by atoms with Gasteiger partial charge in [-0.1, -0.05) is 20.8 Å². The highest BCUT2D eigenvalue weighted by atomic mass is 32.2. The molecule has 1 aliphatic heterocycles. The zero-order valence-electron chi connectivity index (χ0n) is 11.6. The number of piperidine rings is 1. The van der Waals surface area contributed by atoms with Gasteiger partial charge in [0.1, 0.15) is 0 Å². The predicted octanol–water partition coefficient (Wildman–Crippen LogP) is 1.25. The molecule has 1 aliphatic rings. The lowest BCUT2D eigenvalue weighted by molar-refractivity contribution is -0.146. The third kappa shape index (κ3) is 4.24. The van der Waals surface area contributed by atoms with Crippen LogP contribution in [0.4, 0.5) is 0 Å². The summed E-state index contributed by atoms with van der Waals surface area (Å²) in [6, 6.07) is 0. The number of nitrogens with zero attached hydrogens (tertiary/aromatic N) is 1. The van der Waals surface area contributed by atoms with E-state index in [0.29, 0.717) is 19.4 Å². The van der Waals surface area contributed by atoms with Crippen molar-refractivity contribution in [2.75, 3.05) is 26.0 Å². The molecule has 0 saturated carbocycles. The van der Waals surface area contributed by atoms with Crippen molar-refractivity contribution in [1.29, 1.82) is 0 Å². The van der Waals surface area contributed by atoms with Gasteiger partial charge < -0.3 is 4.74 Å². The highest BCUT2D eigenvalue weighted by molar-refractivity contribution is 7.89. The van der Waals surface area contributed by atoms with E-state index in [1.54, 1.807) is 0 Å².